The lowest BCUT2D eigenvalue weighted by Gasteiger charge is -2.08. The van der Waals surface area contributed by atoms with Crippen molar-refractivity contribution in [1.82, 2.24) is 0 Å². The quantitative estimate of drug-likeness (QED) is 0.577. The fourth-order valence-corrected chi connectivity index (χ4v) is 2.83. The Balaban J connectivity index is 2.32. The summed E-state index contributed by atoms with van der Waals surface area (Å²) in [6.45, 7) is 0. The van der Waals surface area contributed by atoms with Gasteiger partial charge in [0.1, 0.15) is 0 Å². The molecule has 1 amide bonds. The molecule has 0 saturated heterocycles. The van der Waals surface area contributed by atoms with Crippen LogP contribution < -0.4 is 10.5 Å². The summed E-state index contributed by atoms with van der Waals surface area (Å²) in [4.78, 5) is 10.8. The third-order valence-electron chi connectivity index (χ3n) is 2.75. The normalized spacial score (nSPS) is 11.9. The van der Waals surface area contributed by atoms with Gasteiger partial charge in [-0.1, -0.05) is 30.3 Å². The Labute approximate surface area is 128 Å². The zero-order valence-electron chi connectivity index (χ0n) is 11.4. The van der Waals surface area contributed by atoms with Gasteiger partial charge in [0, 0.05) is 5.69 Å². The van der Waals surface area contributed by atoms with Gasteiger partial charge >= 0.3 is 0 Å². The molecule has 0 unspecified atom stereocenters. The highest BCUT2D eigenvalue weighted by Gasteiger charge is 2.14. The Morgan fingerprint density at radius 1 is 1.09 bits per heavy atom. The molecule has 4 N–H and O–H groups in total. The second kappa shape index (κ2) is 6.31. The number of sulfonamides is 1. The molecule has 2 aromatic carbocycles. The van der Waals surface area contributed by atoms with E-state index >= 15 is 0 Å². The van der Waals surface area contributed by atoms with Gasteiger partial charge in [0.2, 0.25) is 0 Å². The van der Waals surface area contributed by atoms with Gasteiger partial charge in [0.15, 0.2) is 5.76 Å². The van der Waals surface area contributed by atoms with Crippen LogP contribution in [0.2, 0.25) is 0 Å². The Bertz CT molecular complexity index is 814. The second-order valence-electron chi connectivity index (χ2n) is 4.44. The summed E-state index contributed by atoms with van der Waals surface area (Å²) in [7, 11) is -3.77. The van der Waals surface area contributed by atoms with Gasteiger partial charge in [-0.05, 0) is 35.9 Å². The summed E-state index contributed by atoms with van der Waals surface area (Å²) in [6, 6.07) is 14.2. The number of anilines is 1. The Morgan fingerprint density at radius 3 is 2.41 bits per heavy atom. The SMILES string of the molecule is NC(=O)/C(O)=C/c1cccc(S(=O)(=O)Nc2ccccc2)c1. The van der Waals surface area contributed by atoms with Gasteiger partial charge < -0.3 is 10.8 Å². The van der Waals surface area contributed by atoms with E-state index in [0.717, 1.165) is 6.08 Å². The molecule has 0 atom stereocenters. The van der Waals surface area contributed by atoms with Crippen LogP contribution in [0.3, 0.4) is 0 Å². The molecule has 0 heterocycles. The van der Waals surface area contributed by atoms with E-state index < -0.39 is 21.7 Å². The zero-order chi connectivity index (χ0) is 16.2. The van der Waals surface area contributed by atoms with Crippen LogP contribution >= 0.6 is 0 Å². The Morgan fingerprint density at radius 2 is 1.77 bits per heavy atom. The summed E-state index contributed by atoms with van der Waals surface area (Å²) >= 11 is 0. The van der Waals surface area contributed by atoms with Crippen molar-refractivity contribution in [2.75, 3.05) is 4.72 Å². The van der Waals surface area contributed by atoms with E-state index in [1.807, 2.05) is 0 Å². The summed E-state index contributed by atoms with van der Waals surface area (Å²) < 4.78 is 27.0. The van der Waals surface area contributed by atoms with E-state index in [9.17, 15) is 18.3 Å². The van der Waals surface area contributed by atoms with Crippen LogP contribution in [0.25, 0.3) is 6.08 Å². The van der Waals surface area contributed by atoms with Crippen LogP contribution in [0, 0.1) is 0 Å². The maximum Gasteiger partial charge on any atom is 0.283 e. The number of hydrogen-bond donors (Lipinski definition) is 3. The van der Waals surface area contributed by atoms with Crippen molar-refractivity contribution in [2.24, 2.45) is 5.73 Å². The first-order valence-electron chi connectivity index (χ1n) is 6.27. The predicted molar refractivity (Wildman–Crippen MR) is 83.5 cm³/mol. The molecule has 2 aromatic rings. The van der Waals surface area contributed by atoms with E-state index in [1.54, 1.807) is 36.4 Å². The van der Waals surface area contributed by atoms with Crippen LogP contribution in [0.15, 0.2) is 65.3 Å². The summed E-state index contributed by atoms with van der Waals surface area (Å²) in [5.41, 5.74) is 5.70. The number of nitrogens with one attached hydrogen (secondary N) is 1. The van der Waals surface area contributed by atoms with Gasteiger partial charge in [-0.15, -0.1) is 0 Å². The van der Waals surface area contributed by atoms with E-state index in [1.165, 1.54) is 18.2 Å². The van der Waals surface area contributed by atoms with Crippen LogP contribution in [0.4, 0.5) is 5.69 Å². The maximum absolute atomic E-state index is 12.3. The number of amides is 1. The number of nitrogens with two attached hydrogens (primary N) is 1. The van der Waals surface area contributed by atoms with E-state index in [-0.39, 0.29) is 4.90 Å². The van der Waals surface area contributed by atoms with E-state index in [0.29, 0.717) is 11.3 Å². The smallest absolute Gasteiger partial charge is 0.283 e. The first kappa shape index (κ1) is 15.6. The zero-order valence-corrected chi connectivity index (χ0v) is 12.2. The highest BCUT2D eigenvalue weighted by molar-refractivity contribution is 7.92. The maximum atomic E-state index is 12.3. The monoisotopic (exact) mass is 318 g/mol. The van der Waals surface area contributed by atoms with Gasteiger partial charge in [0.25, 0.3) is 15.9 Å². The van der Waals surface area contributed by atoms with E-state index in [4.69, 9.17) is 5.73 Å². The molecule has 22 heavy (non-hydrogen) atoms. The lowest BCUT2D eigenvalue weighted by atomic mass is 10.2. The number of carbonyl (C=O) groups is 1. The molecular formula is C15H14N2O4S. The minimum absolute atomic E-state index is 0.00220. The van der Waals surface area contributed by atoms with E-state index in [2.05, 4.69) is 4.72 Å². The third-order valence-corrected chi connectivity index (χ3v) is 4.13. The number of hydrogen-bond acceptors (Lipinski definition) is 4. The predicted octanol–water partition coefficient (Wildman–Crippen LogP) is 1.87. The molecular weight excluding hydrogens is 304 g/mol. The minimum atomic E-state index is -3.77. The minimum Gasteiger partial charge on any atom is -0.503 e. The lowest BCUT2D eigenvalue weighted by molar-refractivity contribution is -0.116. The van der Waals surface area contributed by atoms with Crippen molar-refractivity contribution in [3.63, 3.8) is 0 Å². The average Bonchev–Trinajstić information content (AvgIpc) is 2.48. The molecule has 7 heteroatoms. The van der Waals surface area contributed by atoms with Gasteiger partial charge in [-0.2, -0.15) is 0 Å². The second-order valence-corrected chi connectivity index (χ2v) is 6.12. The molecule has 0 radical (unpaired) electrons. The fourth-order valence-electron chi connectivity index (χ4n) is 1.72. The van der Waals surface area contributed by atoms with Crippen LogP contribution in [0.1, 0.15) is 5.56 Å². The van der Waals surface area contributed by atoms with Gasteiger partial charge in [0.05, 0.1) is 4.90 Å². The number of primary amides is 1. The third kappa shape index (κ3) is 3.86. The molecule has 0 fully saturated rings. The summed E-state index contributed by atoms with van der Waals surface area (Å²) in [5.74, 6) is -1.64. The van der Waals surface area contributed by atoms with Crippen LogP contribution in [-0.2, 0) is 14.8 Å². The van der Waals surface area contributed by atoms with Crippen LogP contribution in [-0.4, -0.2) is 19.4 Å². The number of aliphatic hydroxyl groups is 1. The molecule has 0 aromatic heterocycles. The van der Waals surface area contributed by atoms with Crippen molar-refractivity contribution >= 4 is 27.7 Å². The van der Waals surface area contributed by atoms with Gasteiger partial charge in [-0.25, -0.2) is 8.42 Å². The Hall–Kier alpha value is -2.80. The molecule has 0 bridgehead atoms. The lowest BCUT2D eigenvalue weighted by Crippen LogP contribution is -2.14. The summed E-state index contributed by atoms with van der Waals surface area (Å²) in [5, 5.41) is 9.33. The first-order chi connectivity index (χ1) is 10.4. The number of carbonyl (C=O) groups excluding carboxylic acids is 1. The van der Waals surface area contributed by atoms with Crippen molar-refractivity contribution in [2.45, 2.75) is 4.90 Å². The number of benzene rings is 2. The molecule has 6 nitrogen and oxygen atoms in total. The molecule has 0 aliphatic carbocycles. The van der Waals surface area contributed by atoms with Crippen molar-refractivity contribution in [1.29, 1.82) is 0 Å². The highest BCUT2D eigenvalue weighted by Crippen LogP contribution is 2.18. The van der Waals surface area contributed by atoms with Crippen molar-refractivity contribution < 1.29 is 18.3 Å². The number of para-hydroxylation sites is 1. The molecule has 0 saturated carbocycles. The average molecular weight is 318 g/mol. The number of aliphatic hydroxyl groups excluding tert-OH is 1. The topological polar surface area (TPSA) is 109 Å². The van der Waals surface area contributed by atoms with Gasteiger partial charge in [-0.3, -0.25) is 9.52 Å². The van der Waals surface area contributed by atoms with Crippen molar-refractivity contribution in [3.05, 3.63) is 65.9 Å². The first-order valence-corrected chi connectivity index (χ1v) is 7.75. The fraction of sp³-hybridized carbons (Fsp3) is 0. The van der Waals surface area contributed by atoms with Crippen molar-refractivity contribution in [3.8, 4) is 0 Å². The highest BCUT2D eigenvalue weighted by atomic mass is 32.2. The Kier molecular flexibility index (Phi) is 4.47. The molecule has 0 aliphatic heterocycles. The molecule has 2 rings (SSSR count). The largest absolute Gasteiger partial charge is 0.503 e. The van der Waals surface area contributed by atoms with Crippen LogP contribution in [0.5, 0.6) is 0 Å². The molecule has 0 spiro atoms. The molecule has 0 aliphatic rings. The standard InChI is InChI=1S/C15H14N2O4S/c16-15(19)14(18)10-11-5-4-8-13(9-11)22(20,21)17-12-6-2-1-3-7-12/h1-10,17-18H,(H2,16,19)/b14-10-. The molecule has 114 valence electrons. The summed E-state index contributed by atoms with van der Waals surface area (Å²) in [6.07, 6.45) is 1.10. The number of rotatable bonds is 5.